The minimum absolute atomic E-state index is 0.131. The quantitative estimate of drug-likeness (QED) is 0.793. The van der Waals surface area contributed by atoms with Crippen LogP contribution in [0.15, 0.2) is 53.4 Å². The number of nitrogens with one attached hydrogen (secondary N) is 2. The smallest absolute Gasteiger partial charge is 0.255 e. The number of anilines is 1. The van der Waals surface area contributed by atoms with E-state index in [1.54, 1.807) is 31.4 Å². The second kappa shape index (κ2) is 8.13. The number of sulfonamides is 1. The van der Waals surface area contributed by atoms with Crippen molar-refractivity contribution in [2.24, 2.45) is 5.92 Å². The van der Waals surface area contributed by atoms with Gasteiger partial charge >= 0.3 is 0 Å². The first-order chi connectivity index (χ1) is 11.8. The molecule has 0 aliphatic carbocycles. The molecule has 0 radical (unpaired) electrons. The van der Waals surface area contributed by atoms with Crippen LogP contribution in [0.25, 0.3) is 0 Å². The Hall–Kier alpha value is -2.38. The van der Waals surface area contributed by atoms with Crippen LogP contribution in [0, 0.1) is 5.92 Å². The summed E-state index contributed by atoms with van der Waals surface area (Å²) in [5, 5.41) is 2.75. The lowest BCUT2D eigenvalue weighted by molar-refractivity contribution is 0.102. The van der Waals surface area contributed by atoms with E-state index in [4.69, 9.17) is 4.74 Å². The van der Waals surface area contributed by atoms with Crippen molar-refractivity contribution in [3.63, 3.8) is 0 Å². The Morgan fingerprint density at radius 2 is 1.80 bits per heavy atom. The number of ether oxygens (including phenoxy) is 1. The standard InChI is InChI=1S/C18H22N2O4S/c1-13(2)12-19-25(22,23)17-9-7-14(8-10-17)18(21)20-15-5-4-6-16(11-15)24-3/h4-11,13,19H,12H2,1-3H3,(H,20,21). The molecule has 0 unspecified atom stereocenters. The van der Waals surface area contributed by atoms with Gasteiger partial charge in [0.25, 0.3) is 5.91 Å². The Bertz CT molecular complexity index is 830. The van der Waals surface area contributed by atoms with E-state index in [9.17, 15) is 13.2 Å². The molecule has 0 atom stereocenters. The molecule has 2 rings (SSSR count). The first-order valence-electron chi connectivity index (χ1n) is 7.87. The van der Waals surface area contributed by atoms with Crippen molar-refractivity contribution in [3.05, 3.63) is 54.1 Å². The number of amides is 1. The molecule has 7 heteroatoms. The second-order valence-electron chi connectivity index (χ2n) is 5.96. The number of carbonyl (C=O) groups excluding carboxylic acids is 1. The molecular formula is C18H22N2O4S. The van der Waals surface area contributed by atoms with Crippen LogP contribution in [0.1, 0.15) is 24.2 Å². The van der Waals surface area contributed by atoms with E-state index in [1.165, 1.54) is 24.3 Å². The summed E-state index contributed by atoms with van der Waals surface area (Å²) < 4.78 is 32.0. The van der Waals surface area contributed by atoms with Gasteiger partial charge in [0.15, 0.2) is 0 Å². The average Bonchev–Trinajstić information content (AvgIpc) is 2.60. The number of carbonyl (C=O) groups is 1. The van der Waals surface area contributed by atoms with Crippen LogP contribution in [0.5, 0.6) is 5.75 Å². The summed E-state index contributed by atoms with van der Waals surface area (Å²) in [7, 11) is -2.01. The van der Waals surface area contributed by atoms with Crippen molar-refractivity contribution < 1.29 is 17.9 Å². The summed E-state index contributed by atoms with van der Waals surface area (Å²) in [6.45, 7) is 4.21. The largest absolute Gasteiger partial charge is 0.497 e. The molecule has 2 aromatic rings. The zero-order chi connectivity index (χ0) is 18.4. The fourth-order valence-corrected chi connectivity index (χ4v) is 3.26. The van der Waals surface area contributed by atoms with Gasteiger partial charge in [0, 0.05) is 23.9 Å². The third-order valence-electron chi connectivity index (χ3n) is 3.44. The average molecular weight is 362 g/mol. The molecule has 25 heavy (non-hydrogen) atoms. The zero-order valence-corrected chi connectivity index (χ0v) is 15.3. The number of methoxy groups -OCH3 is 1. The van der Waals surface area contributed by atoms with Gasteiger partial charge in [0.05, 0.1) is 12.0 Å². The molecule has 0 bridgehead atoms. The molecule has 0 heterocycles. The lowest BCUT2D eigenvalue weighted by Gasteiger charge is -2.10. The number of rotatable bonds is 7. The van der Waals surface area contributed by atoms with Gasteiger partial charge in [-0.2, -0.15) is 0 Å². The van der Waals surface area contributed by atoms with E-state index in [-0.39, 0.29) is 16.7 Å². The van der Waals surface area contributed by atoms with E-state index in [2.05, 4.69) is 10.0 Å². The molecule has 0 spiro atoms. The topological polar surface area (TPSA) is 84.5 Å². The third kappa shape index (κ3) is 5.30. The van der Waals surface area contributed by atoms with Crippen LogP contribution < -0.4 is 14.8 Å². The second-order valence-corrected chi connectivity index (χ2v) is 7.72. The van der Waals surface area contributed by atoms with Gasteiger partial charge in [-0.15, -0.1) is 0 Å². The highest BCUT2D eigenvalue weighted by atomic mass is 32.2. The lowest BCUT2D eigenvalue weighted by Crippen LogP contribution is -2.27. The Kier molecular flexibility index (Phi) is 6.17. The third-order valence-corrected chi connectivity index (χ3v) is 4.88. The van der Waals surface area contributed by atoms with Gasteiger partial charge in [-0.25, -0.2) is 13.1 Å². The Balaban J connectivity index is 2.09. The highest BCUT2D eigenvalue weighted by Gasteiger charge is 2.15. The van der Waals surface area contributed by atoms with E-state index in [0.29, 0.717) is 23.5 Å². The van der Waals surface area contributed by atoms with Crippen LogP contribution in [0.3, 0.4) is 0 Å². The van der Waals surface area contributed by atoms with Crippen molar-refractivity contribution in [1.82, 2.24) is 4.72 Å². The van der Waals surface area contributed by atoms with Crippen molar-refractivity contribution in [3.8, 4) is 5.75 Å². The predicted molar refractivity (Wildman–Crippen MR) is 97.4 cm³/mol. The normalized spacial score (nSPS) is 11.4. The first kappa shape index (κ1) is 19.0. The molecule has 2 aromatic carbocycles. The molecule has 0 aliphatic rings. The van der Waals surface area contributed by atoms with Gasteiger partial charge in [0.1, 0.15) is 5.75 Å². The Morgan fingerprint density at radius 1 is 1.12 bits per heavy atom. The summed E-state index contributed by atoms with van der Waals surface area (Å²) >= 11 is 0. The molecule has 6 nitrogen and oxygen atoms in total. The minimum Gasteiger partial charge on any atom is -0.497 e. The van der Waals surface area contributed by atoms with Crippen molar-refractivity contribution >= 4 is 21.6 Å². The first-order valence-corrected chi connectivity index (χ1v) is 9.35. The van der Waals surface area contributed by atoms with Gasteiger partial charge in [-0.05, 0) is 42.3 Å². The summed E-state index contributed by atoms with van der Waals surface area (Å²) in [6, 6.07) is 12.8. The Morgan fingerprint density at radius 3 is 2.40 bits per heavy atom. The fourth-order valence-electron chi connectivity index (χ4n) is 2.05. The molecule has 0 aliphatic heterocycles. The molecule has 0 saturated heterocycles. The lowest BCUT2D eigenvalue weighted by atomic mass is 10.2. The van der Waals surface area contributed by atoms with Gasteiger partial charge < -0.3 is 10.1 Å². The molecule has 0 fully saturated rings. The molecule has 134 valence electrons. The van der Waals surface area contributed by atoms with Crippen molar-refractivity contribution in [2.45, 2.75) is 18.7 Å². The van der Waals surface area contributed by atoms with E-state index < -0.39 is 10.0 Å². The molecule has 0 aromatic heterocycles. The van der Waals surface area contributed by atoms with Crippen molar-refractivity contribution in [1.29, 1.82) is 0 Å². The fraction of sp³-hybridized carbons (Fsp3) is 0.278. The summed E-state index contributed by atoms with van der Waals surface area (Å²) in [5.74, 6) is 0.519. The number of benzene rings is 2. The summed E-state index contributed by atoms with van der Waals surface area (Å²) in [6.07, 6.45) is 0. The van der Waals surface area contributed by atoms with Crippen LogP contribution in [0.4, 0.5) is 5.69 Å². The predicted octanol–water partition coefficient (Wildman–Crippen LogP) is 2.88. The molecule has 0 saturated carbocycles. The molecule has 1 amide bonds. The monoisotopic (exact) mass is 362 g/mol. The van der Waals surface area contributed by atoms with Gasteiger partial charge in [-0.3, -0.25) is 4.79 Å². The van der Waals surface area contributed by atoms with E-state index in [1.807, 2.05) is 13.8 Å². The van der Waals surface area contributed by atoms with Crippen LogP contribution in [-0.4, -0.2) is 28.0 Å². The maximum atomic E-state index is 12.3. The number of hydrogen-bond acceptors (Lipinski definition) is 4. The van der Waals surface area contributed by atoms with Crippen molar-refractivity contribution in [2.75, 3.05) is 19.0 Å². The minimum atomic E-state index is -3.56. The number of hydrogen-bond donors (Lipinski definition) is 2. The maximum Gasteiger partial charge on any atom is 0.255 e. The molecule has 2 N–H and O–H groups in total. The molecular weight excluding hydrogens is 340 g/mol. The zero-order valence-electron chi connectivity index (χ0n) is 14.4. The van der Waals surface area contributed by atoms with Crippen LogP contribution in [0.2, 0.25) is 0 Å². The van der Waals surface area contributed by atoms with Gasteiger partial charge in [-0.1, -0.05) is 19.9 Å². The summed E-state index contributed by atoms with van der Waals surface area (Å²) in [4.78, 5) is 12.4. The van der Waals surface area contributed by atoms with E-state index in [0.717, 1.165) is 0 Å². The van der Waals surface area contributed by atoms with Gasteiger partial charge in [0.2, 0.25) is 10.0 Å². The summed E-state index contributed by atoms with van der Waals surface area (Å²) in [5.41, 5.74) is 0.963. The highest BCUT2D eigenvalue weighted by molar-refractivity contribution is 7.89. The van der Waals surface area contributed by atoms with Crippen LogP contribution >= 0.6 is 0 Å². The maximum absolute atomic E-state index is 12.3. The Labute approximate surface area is 148 Å². The van der Waals surface area contributed by atoms with Crippen LogP contribution in [-0.2, 0) is 10.0 Å². The highest BCUT2D eigenvalue weighted by Crippen LogP contribution is 2.18. The van der Waals surface area contributed by atoms with E-state index >= 15 is 0 Å². The SMILES string of the molecule is COc1cccc(NC(=O)c2ccc(S(=O)(=O)NCC(C)C)cc2)c1.